The Labute approximate surface area is 125 Å². The van der Waals surface area contributed by atoms with Gasteiger partial charge in [-0.3, -0.25) is 0 Å². The summed E-state index contributed by atoms with van der Waals surface area (Å²) in [5, 5.41) is 2.96. The molecule has 0 aliphatic carbocycles. The average Bonchev–Trinajstić information content (AvgIpc) is 3.19. The third-order valence-corrected chi connectivity index (χ3v) is 3.95. The van der Waals surface area contributed by atoms with Gasteiger partial charge in [-0.05, 0) is 12.1 Å². The zero-order valence-corrected chi connectivity index (χ0v) is 12.2. The molecule has 6 heteroatoms. The molecule has 0 atom stereocenters. The number of hydrogen-bond donors (Lipinski definition) is 0. The Hall–Kier alpha value is -2.47. The fraction of sp³-hybridized carbons (Fsp3) is 0.133. The zero-order valence-electron chi connectivity index (χ0n) is 11.4. The Bertz CT molecular complexity index is 733. The number of aromatic nitrogens is 3. The van der Waals surface area contributed by atoms with Crippen molar-refractivity contribution in [3.63, 3.8) is 0 Å². The molecule has 21 heavy (non-hydrogen) atoms. The summed E-state index contributed by atoms with van der Waals surface area (Å²) in [5.74, 6) is -0.332. The molecule has 2 heterocycles. The second-order valence-electron chi connectivity index (χ2n) is 4.45. The maximum absolute atomic E-state index is 11.4. The summed E-state index contributed by atoms with van der Waals surface area (Å²) in [6.45, 7) is 0.705. The molecule has 0 fully saturated rings. The monoisotopic (exact) mass is 299 g/mol. The molecule has 0 aliphatic rings. The van der Waals surface area contributed by atoms with E-state index in [1.807, 2.05) is 28.3 Å². The number of benzene rings is 1. The molecule has 0 N–H and O–H groups in total. The fourth-order valence-corrected chi connectivity index (χ4v) is 2.76. The maximum Gasteiger partial charge on any atom is 0.337 e. The largest absolute Gasteiger partial charge is 0.465 e. The van der Waals surface area contributed by atoms with Crippen LogP contribution in [0.3, 0.4) is 0 Å². The molecule has 1 aromatic carbocycles. The van der Waals surface area contributed by atoms with E-state index in [2.05, 4.69) is 14.7 Å². The van der Waals surface area contributed by atoms with Crippen LogP contribution < -0.4 is 0 Å². The minimum absolute atomic E-state index is 0.332. The van der Waals surface area contributed by atoms with Gasteiger partial charge < -0.3 is 9.30 Å². The Balaban J connectivity index is 1.78. The zero-order chi connectivity index (χ0) is 14.7. The lowest BCUT2D eigenvalue weighted by atomic mass is 10.1. The van der Waals surface area contributed by atoms with E-state index in [0.29, 0.717) is 12.1 Å². The lowest BCUT2D eigenvalue weighted by Gasteiger charge is -2.00. The van der Waals surface area contributed by atoms with Crippen LogP contribution in [0.25, 0.3) is 10.6 Å². The molecule has 0 saturated carbocycles. The van der Waals surface area contributed by atoms with Crippen molar-refractivity contribution >= 4 is 17.3 Å². The van der Waals surface area contributed by atoms with Crippen molar-refractivity contribution in [1.82, 2.24) is 14.5 Å². The van der Waals surface area contributed by atoms with Gasteiger partial charge >= 0.3 is 5.97 Å². The van der Waals surface area contributed by atoms with E-state index in [1.54, 1.807) is 36.0 Å². The van der Waals surface area contributed by atoms with E-state index in [9.17, 15) is 4.79 Å². The average molecular weight is 299 g/mol. The molecule has 0 bridgehead atoms. The van der Waals surface area contributed by atoms with Gasteiger partial charge in [-0.25, -0.2) is 14.8 Å². The van der Waals surface area contributed by atoms with Crippen LogP contribution in [-0.2, 0) is 11.3 Å². The second kappa shape index (κ2) is 5.88. The lowest BCUT2D eigenvalue weighted by molar-refractivity contribution is 0.0601. The number of thiazole rings is 1. The highest BCUT2D eigenvalue weighted by Crippen LogP contribution is 2.24. The molecule has 0 unspecified atom stereocenters. The molecular formula is C15H13N3O2S. The summed E-state index contributed by atoms with van der Waals surface area (Å²) in [5.41, 5.74) is 2.52. The fourth-order valence-electron chi connectivity index (χ4n) is 1.95. The van der Waals surface area contributed by atoms with E-state index < -0.39 is 0 Å². The molecule has 3 aromatic rings. The Morgan fingerprint density at radius 1 is 1.33 bits per heavy atom. The van der Waals surface area contributed by atoms with E-state index in [1.165, 1.54) is 7.11 Å². The van der Waals surface area contributed by atoms with E-state index in [-0.39, 0.29) is 5.97 Å². The van der Waals surface area contributed by atoms with E-state index in [0.717, 1.165) is 16.3 Å². The van der Waals surface area contributed by atoms with Gasteiger partial charge in [-0.1, -0.05) is 12.1 Å². The van der Waals surface area contributed by atoms with Gasteiger partial charge in [0, 0.05) is 23.3 Å². The number of esters is 1. The molecule has 0 spiro atoms. The molecule has 5 nitrogen and oxygen atoms in total. The summed E-state index contributed by atoms with van der Waals surface area (Å²) < 4.78 is 6.66. The van der Waals surface area contributed by atoms with Gasteiger partial charge in [0.15, 0.2) is 0 Å². The number of carbonyl (C=O) groups is 1. The third kappa shape index (κ3) is 3.00. The lowest BCUT2D eigenvalue weighted by Crippen LogP contribution is -2.00. The van der Waals surface area contributed by atoms with Crippen LogP contribution in [0.5, 0.6) is 0 Å². The van der Waals surface area contributed by atoms with Crippen LogP contribution in [0.2, 0.25) is 0 Å². The molecule has 106 valence electrons. The molecule has 3 rings (SSSR count). The third-order valence-electron chi connectivity index (χ3n) is 3.01. The first-order valence-electron chi connectivity index (χ1n) is 6.35. The molecule has 0 radical (unpaired) electrons. The smallest absolute Gasteiger partial charge is 0.337 e. The summed E-state index contributed by atoms with van der Waals surface area (Å²) >= 11 is 1.58. The van der Waals surface area contributed by atoms with Crippen molar-refractivity contribution < 1.29 is 9.53 Å². The van der Waals surface area contributed by atoms with Crippen molar-refractivity contribution in [3.8, 4) is 10.6 Å². The molecule has 0 saturated heterocycles. The predicted molar refractivity (Wildman–Crippen MR) is 80.2 cm³/mol. The summed E-state index contributed by atoms with van der Waals surface area (Å²) in [4.78, 5) is 20.0. The van der Waals surface area contributed by atoms with Crippen LogP contribution in [0.1, 0.15) is 16.1 Å². The highest BCUT2D eigenvalue weighted by atomic mass is 32.1. The topological polar surface area (TPSA) is 57.0 Å². The van der Waals surface area contributed by atoms with Crippen LogP contribution in [-0.4, -0.2) is 27.6 Å². The quantitative estimate of drug-likeness (QED) is 0.695. The predicted octanol–water partition coefficient (Wildman–Crippen LogP) is 2.84. The Morgan fingerprint density at radius 2 is 2.14 bits per heavy atom. The van der Waals surface area contributed by atoms with Crippen molar-refractivity contribution in [2.75, 3.05) is 7.11 Å². The summed E-state index contributed by atoms with van der Waals surface area (Å²) in [7, 11) is 1.37. The van der Waals surface area contributed by atoms with Gasteiger partial charge in [0.25, 0.3) is 0 Å². The molecule has 0 amide bonds. The number of methoxy groups -OCH3 is 1. The number of nitrogens with zero attached hydrogens (tertiary/aromatic N) is 3. The van der Waals surface area contributed by atoms with Crippen LogP contribution in [0, 0.1) is 0 Å². The van der Waals surface area contributed by atoms with Crippen molar-refractivity contribution in [2.24, 2.45) is 0 Å². The number of hydrogen-bond acceptors (Lipinski definition) is 5. The standard InChI is InChI=1S/C15H13N3O2S/c1-20-15(19)12-4-2-11(3-5-12)14-17-13(9-21-14)8-18-7-6-16-10-18/h2-7,9-10H,8H2,1H3. The highest BCUT2D eigenvalue weighted by molar-refractivity contribution is 7.13. The summed E-state index contributed by atoms with van der Waals surface area (Å²) in [6.07, 6.45) is 5.42. The van der Waals surface area contributed by atoms with Gasteiger partial charge in [0.2, 0.25) is 0 Å². The first-order chi connectivity index (χ1) is 10.3. The first-order valence-corrected chi connectivity index (χ1v) is 7.23. The molecule has 0 aliphatic heterocycles. The normalized spacial score (nSPS) is 10.5. The van der Waals surface area contributed by atoms with E-state index >= 15 is 0 Å². The van der Waals surface area contributed by atoms with Gasteiger partial charge in [-0.15, -0.1) is 11.3 Å². The minimum atomic E-state index is -0.332. The molecular weight excluding hydrogens is 286 g/mol. The van der Waals surface area contributed by atoms with Crippen molar-refractivity contribution in [3.05, 3.63) is 59.6 Å². The molecule has 2 aromatic heterocycles. The maximum atomic E-state index is 11.4. The number of carbonyl (C=O) groups excluding carboxylic acids is 1. The Morgan fingerprint density at radius 3 is 2.81 bits per heavy atom. The van der Waals surface area contributed by atoms with Gasteiger partial charge in [0.05, 0.1) is 31.2 Å². The van der Waals surface area contributed by atoms with Gasteiger partial charge in [-0.2, -0.15) is 0 Å². The number of rotatable bonds is 4. The van der Waals surface area contributed by atoms with Crippen molar-refractivity contribution in [1.29, 1.82) is 0 Å². The SMILES string of the molecule is COC(=O)c1ccc(-c2nc(Cn3ccnc3)cs2)cc1. The van der Waals surface area contributed by atoms with E-state index in [4.69, 9.17) is 0 Å². The van der Waals surface area contributed by atoms with Crippen LogP contribution in [0.15, 0.2) is 48.4 Å². The first kappa shape index (κ1) is 13.5. The second-order valence-corrected chi connectivity index (χ2v) is 5.31. The minimum Gasteiger partial charge on any atom is -0.465 e. The van der Waals surface area contributed by atoms with Crippen LogP contribution >= 0.6 is 11.3 Å². The number of ether oxygens (including phenoxy) is 1. The summed E-state index contributed by atoms with van der Waals surface area (Å²) in [6, 6.07) is 7.26. The van der Waals surface area contributed by atoms with Crippen molar-refractivity contribution in [2.45, 2.75) is 6.54 Å². The highest BCUT2D eigenvalue weighted by Gasteiger charge is 2.08. The number of imidazole rings is 1. The van der Waals surface area contributed by atoms with Gasteiger partial charge in [0.1, 0.15) is 5.01 Å². The Kier molecular flexibility index (Phi) is 3.79. The van der Waals surface area contributed by atoms with Crippen LogP contribution in [0.4, 0.5) is 0 Å².